The fourth-order valence-electron chi connectivity index (χ4n) is 2.04. The molecule has 1 aliphatic heterocycles. The van der Waals surface area contributed by atoms with E-state index in [4.69, 9.17) is 5.73 Å². The first-order chi connectivity index (χ1) is 7.43. The summed E-state index contributed by atoms with van der Waals surface area (Å²) in [7, 11) is 2.17. The SMILES string of the molecule is CN1CCCCC1CNCC(C)(C)C(N)=O. The van der Waals surface area contributed by atoms with Crippen molar-refractivity contribution < 1.29 is 4.79 Å². The van der Waals surface area contributed by atoms with E-state index in [0.29, 0.717) is 12.6 Å². The topological polar surface area (TPSA) is 58.4 Å². The molecule has 0 aromatic rings. The summed E-state index contributed by atoms with van der Waals surface area (Å²) in [5.74, 6) is -0.239. The smallest absolute Gasteiger partial charge is 0.224 e. The maximum absolute atomic E-state index is 11.1. The molecule has 4 heteroatoms. The van der Waals surface area contributed by atoms with Crippen LogP contribution in [-0.2, 0) is 4.79 Å². The Bertz CT molecular complexity index is 240. The second-order valence-corrected chi connectivity index (χ2v) is 5.51. The van der Waals surface area contributed by atoms with Crippen LogP contribution < -0.4 is 11.1 Å². The molecule has 1 fully saturated rings. The lowest BCUT2D eigenvalue weighted by atomic mass is 9.92. The molecular formula is C12H25N3O. The van der Waals surface area contributed by atoms with E-state index in [0.717, 1.165) is 6.54 Å². The Hall–Kier alpha value is -0.610. The van der Waals surface area contributed by atoms with Gasteiger partial charge in [0.2, 0.25) is 5.91 Å². The van der Waals surface area contributed by atoms with Crippen LogP contribution in [0, 0.1) is 5.41 Å². The highest BCUT2D eigenvalue weighted by molar-refractivity contribution is 5.80. The van der Waals surface area contributed by atoms with E-state index < -0.39 is 5.41 Å². The van der Waals surface area contributed by atoms with Gasteiger partial charge in [-0.1, -0.05) is 6.42 Å². The number of likely N-dealkylation sites (tertiary alicyclic amines) is 1. The van der Waals surface area contributed by atoms with Gasteiger partial charge in [-0.05, 0) is 40.3 Å². The second-order valence-electron chi connectivity index (χ2n) is 5.51. The van der Waals surface area contributed by atoms with E-state index in [1.54, 1.807) is 0 Å². The molecule has 1 saturated heterocycles. The number of rotatable bonds is 5. The van der Waals surface area contributed by atoms with Gasteiger partial charge in [-0.2, -0.15) is 0 Å². The third-order valence-corrected chi connectivity index (χ3v) is 3.54. The molecule has 16 heavy (non-hydrogen) atoms. The second kappa shape index (κ2) is 5.64. The molecule has 0 bridgehead atoms. The molecule has 0 aromatic heterocycles. The number of carbonyl (C=O) groups excluding carboxylic acids is 1. The minimum atomic E-state index is -0.451. The first-order valence-corrected chi connectivity index (χ1v) is 6.14. The molecule has 1 atom stereocenters. The number of nitrogens with two attached hydrogens (primary N) is 1. The molecular weight excluding hydrogens is 202 g/mol. The van der Waals surface area contributed by atoms with Crippen LogP contribution in [0.1, 0.15) is 33.1 Å². The molecule has 1 amide bonds. The van der Waals surface area contributed by atoms with Crippen molar-refractivity contribution in [2.24, 2.45) is 11.1 Å². The quantitative estimate of drug-likeness (QED) is 0.722. The lowest BCUT2D eigenvalue weighted by Crippen LogP contribution is -2.47. The normalized spacial score (nSPS) is 23.3. The van der Waals surface area contributed by atoms with Crippen molar-refractivity contribution in [2.45, 2.75) is 39.2 Å². The summed E-state index contributed by atoms with van der Waals surface area (Å²) in [6.07, 6.45) is 3.87. The molecule has 0 spiro atoms. The summed E-state index contributed by atoms with van der Waals surface area (Å²) in [4.78, 5) is 13.5. The van der Waals surface area contributed by atoms with Gasteiger partial charge in [0.15, 0.2) is 0 Å². The predicted octanol–water partition coefficient (Wildman–Crippen LogP) is 0.572. The number of hydrogen-bond donors (Lipinski definition) is 2. The van der Waals surface area contributed by atoms with Crippen molar-refractivity contribution in [3.8, 4) is 0 Å². The zero-order chi connectivity index (χ0) is 12.2. The van der Waals surface area contributed by atoms with Gasteiger partial charge < -0.3 is 16.0 Å². The highest BCUT2D eigenvalue weighted by Crippen LogP contribution is 2.15. The van der Waals surface area contributed by atoms with Crippen molar-refractivity contribution in [3.05, 3.63) is 0 Å². The first-order valence-electron chi connectivity index (χ1n) is 6.14. The van der Waals surface area contributed by atoms with E-state index in [1.807, 2.05) is 13.8 Å². The van der Waals surface area contributed by atoms with Crippen LogP contribution in [0.15, 0.2) is 0 Å². The zero-order valence-corrected chi connectivity index (χ0v) is 10.8. The maximum atomic E-state index is 11.1. The predicted molar refractivity (Wildman–Crippen MR) is 66.1 cm³/mol. The minimum absolute atomic E-state index is 0.239. The van der Waals surface area contributed by atoms with E-state index in [-0.39, 0.29) is 5.91 Å². The Morgan fingerprint density at radius 3 is 2.75 bits per heavy atom. The Morgan fingerprint density at radius 1 is 1.50 bits per heavy atom. The third kappa shape index (κ3) is 3.76. The molecule has 1 aliphatic rings. The van der Waals surface area contributed by atoms with Gasteiger partial charge >= 0.3 is 0 Å². The lowest BCUT2D eigenvalue weighted by Gasteiger charge is -2.33. The fourth-order valence-corrected chi connectivity index (χ4v) is 2.04. The van der Waals surface area contributed by atoms with E-state index in [1.165, 1.54) is 25.8 Å². The number of piperidine rings is 1. The van der Waals surface area contributed by atoms with Crippen molar-refractivity contribution >= 4 is 5.91 Å². The van der Waals surface area contributed by atoms with Gasteiger partial charge in [-0.3, -0.25) is 4.79 Å². The summed E-state index contributed by atoms with van der Waals surface area (Å²) >= 11 is 0. The summed E-state index contributed by atoms with van der Waals surface area (Å²) in [6.45, 7) is 6.56. The average molecular weight is 227 g/mol. The molecule has 0 saturated carbocycles. The Labute approximate surface area is 98.6 Å². The molecule has 4 nitrogen and oxygen atoms in total. The average Bonchev–Trinajstić information content (AvgIpc) is 2.20. The van der Waals surface area contributed by atoms with Crippen LogP contribution in [0.4, 0.5) is 0 Å². The van der Waals surface area contributed by atoms with Gasteiger partial charge in [0, 0.05) is 19.1 Å². The van der Waals surface area contributed by atoms with Crippen LogP contribution in [-0.4, -0.2) is 43.5 Å². The largest absolute Gasteiger partial charge is 0.369 e. The van der Waals surface area contributed by atoms with Crippen LogP contribution in [0.3, 0.4) is 0 Å². The molecule has 3 N–H and O–H groups in total. The minimum Gasteiger partial charge on any atom is -0.369 e. The first kappa shape index (κ1) is 13.5. The highest BCUT2D eigenvalue weighted by atomic mass is 16.1. The van der Waals surface area contributed by atoms with Gasteiger partial charge in [-0.15, -0.1) is 0 Å². The van der Waals surface area contributed by atoms with E-state index in [2.05, 4.69) is 17.3 Å². The number of likely N-dealkylation sites (N-methyl/N-ethyl adjacent to an activating group) is 1. The van der Waals surface area contributed by atoms with Gasteiger partial charge in [-0.25, -0.2) is 0 Å². The Morgan fingerprint density at radius 2 is 2.19 bits per heavy atom. The van der Waals surface area contributed by atoms with Gasteiger partial charge in [0.05, 0.1) is 5.41 Å². The van der Waals surface area contributed by atoms with Crippen LogP contribution in [0.5, 0.6) is 0 Å². The Kier molecular flexibility index (Phi) is 4.74. The number of hydrogen-bond acceptors (Lipinski definition) is 3. The summed E-state index contributed by atoms with van der Waals surface area (Å²) in [5, 5.41) is 3.36. The van der Waals surface area contributed by atoms with Gasteiger partial charge in [0.25, 0.3) is 0 Å². The maximum Gasteiger partial charge on any atom is 0.224 e. The van der Waals surface area contributed by atoms with Crippen LogP contribution >= 0.6 is 0 Å². The lowest BCUT2D eigenvalue weighted by molar-refractivity contribution is -0.125. The van der Waals surface area contributed by atoms with Crippen molar-refractivity contribution in [2.75, 3.05) is 26.7 Å². The van der Waals surface area contributed by atoms with Crippen LogP contribution in [0.25, 0.3) is 0 Å². The highest BCUT2D eigenvalue weighted by Gasteiger charge is 2.25. The van der Waals surface area contributed by atoms with E-state index in [9.17, 15) is 4.79 Å². The van der Waals surface area contributed by atoms with E-state index >= 15 is 0 Å². The summed E-state index contributed by atoms with van der Waals surface area (Å²) < 4.78 is 0. The molecule has 0 radical (unpaired) electrons. The molecule has 1 unspecified atom stereocenters. The number of amides is 1. The molecule has 1 heterocycles. The van der Waals surface area contributed by atoms with Crippen molar-refractivity contribution in [1.29, 1.82) is 0 Å². The van der Waals surface area contributed by atoms with Gasteiger partial charge in [0.1, 0.15) is 0 Å². The van der Waals surface area contributed by atoms with Crippen molar-refractivity contribution in [1.82, 2.24) is 10.2 Å². The molecule has 1 rings (SSSR count). The molecule has 0 aromatic carbocycles. The monoisotopic (exact) mass is 227 g/mol. The molecule has 0 aliphatic carbocycles. The Balaban J connectivity index is 2.26. The number of carbonyl (C=O) groups is 1. The fraction of sp³-hybridized carbons (Fsp3) is 0.917. The standard InChI is InChI=1S/C12H25N3O/c1-12(2,11(13)16)9-14-8-10-6-4-5-7-15(10)3/h10,14H,4-9H2,1-3H3,(H2,13,16). The van der Waals surface area contributed by atoms with Crippen molar-refractivity contribution in [3.63, 3.8) is 0 Å². The zero-order valence-electron chi connectivity index (χ0n) is 10.8. The third-order valence-electron chi connectivity index (χ3n) is 3.54. The number of nitrogens with one attached hydrogen (secondary N) is 1. The number of nitrogens with zero attached hydrogens (tertiary/aromatic N) is 1. The summed E-state index contributed by atoms with van der Waals surface area (Å²) in [5.41, 5.74) is 4.88. The molecule has 94 valence electrons. The summed E-state index contributed by atoms with van der Waals surface area (Å²) in [6, 6.07) is 0.609. The van der Waals surface area contributed by atoms with Crippen LogP contribution in [0.2, 0.25) is 0 Å². The number of primary amides is 1.